The van der Waals surface area contributed by atoms with E-state index in [1.165, 1.54) is 23.5 Å². The van der Waals surface area contributed by atoms with E-state index in [4.69, 9.17) is 11.6 Å². The number of rotatable bonds is 7. The summed E-state index contributed by atoms with van der Waals surface area (Å²) in [7, 11) is 0.561. The number of nitrogens with zero attached hydrogens (tertiary/aromatic N) is 3. The highest BCUT2D eigenvalue weighted by molar-refractivity contribution is 7.91. The van der Waals surface area contributed by atoms with Gasteiger partial charge in [-0.05, 0) is 56.6 Å². The zero-order chi connectivity index (χ0) is 21.2. The molecule has 0 saturated carbocycles. The molecule has 10 heteroatoms. The van der Waals surface area contributed by atoms with Crippen molar-refractivity contribution in [2.45, 2.75) is 11.8 Å². The summed E-state index contributed by atoms with van der Waals surface area (Å²) in [6, 6.07) is 11.5. The molecule has 0 bridgehead atoms. The van der Waals surface area contributed by atoms with E-state index in [0.717, 1.165) is 10.2 Å². The van der Waals surface area contributed by atoms with Gasteiger partial charge in [0, 0.05) is 23.7 Å². The van der Waals surface area contributed by atoms with Gasteiger partial charge in [-0.2, -0.15) is 0 Å². The maximum Gasteiger partial charge on any atom is 0.260 e. The molecular weight excluding hydrogens is 465 g/mol. The Hall–Kier alpha value is -1.71. The maximum atomic E-state index is 13.2. The lowest BCUT2D eigenvalue weighted by Gasteiger charge is -2.22. The SMILES string of the molecule is CCS(=O)(=O)c1ccc(C(=O)N(CCN(C)C)c2nc3ccc(Cl)cc3s2)cc1.Cl. The highest BCUT2D eigenvalue weighted by atomic mass is 35.5. The molecule has 2 aromatic carbocycles. The Bertz CT molecular complexity index is 1130. The van der Waals surface area contributed by atoms with Crippen molar-refractivity contribution in [3.63, 3.8) is 0 Å². The van der Waals surface area contributed by atoms with Gasteiger partial charge in [0.05, 0.1) is 20.9 Å². The molecule has 3 rings (SSSR count). The van der Waals surface area contributed by atoms with Gasteiger partial charge < -0.3 is 4.90 Å². The van der Waals surface area contributed by atoms with Crippen LogP contribution in [-0.2, 0) is 9.84 Å². The van der Waals surface area contributed by atoms with E-state index < -0.39 is 9.84 Å². The van der Waals surface area contributed by atoms with Crippen LogP contribution >= 0.6 is 35.3 Å². The molecule has 0 saturated heterocycles. The van der Waals surface area contributed by atoms with Crippen LogP contribution in [0.3, 0.4) is 0 Å². The number of amides is 1. The first-order valence-corrected chi connectivity index (χ1v) is 11.9. The van der Waals surface area contributed by atoms with Crippen LogP contribution in [0.4, 0.5) is 5.13 Å². The summed E-state index contributed by atoms with van der Waals surface area (Å²) in [5, 5.41) is 1.20. The van der Waals surface area contributed by atoms with Crippen molar-refractivity contribution < 1.29 is 13.2 Å². The van der Waals surface area contributed by atoms with Crippen LogP contribution in [0.1, 0.15) is 17.3 Å². The van der Waals surface area contributed by atoms with Gasteiger partial charge in [0.1, 0.15) is 0 Å². The number of fused-ring (bicyclic) bond motifs is 1. The van der Waals surface area contributed by atoms with Crippen molar-refractivity contribution >= 4 is 66.4 Å². The van der Waals surface area contributed by atoms with Gasteiger partial charge in [-0.3, -0.25) is 9.69 Å². The van der Waals surface area contributed by atoms with Crippen molar-refractivity contribution in [3.05, 3.63) is 53.1 Å². The summed E-state index contributed by atoms with van der Waals surface area (Å²) >= 11 is 7.48. The molecule has 0 N–H and O–H groups in total. The van der Waals surface area contributed by atoms with Crippen molar-refractivity contribution in [3.8, 4) is 0 Å². The predicted molar refractivity (Wildman–Crippen MR) is 126 cm³/mol. The first-order chi connectivity index (χ1) is 13.7. The summed E-state index contributed by atoms with van der Waals surface area (Å²) < 4.78 is 24.9. The Balaban J connectivity index is 0.00000320. The summed E-state index contributed by atoms with van der Waals surface area (Å²) in [6.45, 7) is 2.70. The first-order valence-electron chi connectivity index (χ1n) is 9.07. The molecule has 0 aliphatic heterocycles. The molecule has 0 radical (unpaired) electrons. The van der Waals surface area contributed by atoms with Crippen LogP contribution in [0.2, 0.25) is 5.02 Å². The Morgan fingerprint density at radius 2 is 1.77 bits per heavy atom. The quantitative estimate of drug-likeness (QED) is 0.494. The minimum Gasteiger partial charge on any atom is -0.308 e. The van der Waals surface area contributed by atoms with Crippen LogP contribution in [0.25, 0.3) is 10.2 Å². The number of carbonyl (C=O) groups excluding carboxylic acids is 1. The van der Waals surface area contributed by atoms with E-state index >= 15 is 0 Å². The van der Waals surface area contributed by atoms with Gasteiger partial charge in [0.2, 0.25) is 0 Å². The van der Waals surface area contributed by atoms with E-state index in [1.54, 1.807) is 30.0 Å². The molecule has 1 aromatic heterocycles. The molecule has 1 amide bonds. The van der Waals surface area contributed by atoms with Gasteiger partial charge in [-0.25, -0.2) is 13.4 Å². The average Bonchev–Trinajstić information content (AvgIpc) is 3.10. The molecule has 0 atom stereocenters. The summed E-state index contributed by atoms with van der Waals surface area (Å²) in [5.74, 6) is -0.207. The average molecular weight is 488 g/mol. The summed E-state index contributed by atoms with van der Waals surface area (Å²) in [5.41, 5.74) is 1.19. The van der Waals surface area contributed by atoms with Crippen molar-refractivity contribution in [2.24, 2.45) is 0 Å². The van der Waals surface area contributed by atoms with Gasteiger partial charge >= 0.3 is 0 Å². The number of aromatic nitrogens is 1. The molecule has 1 heterocycles. The van der Waals surface area contributed by atoms with E-state index in [2.05, 4.69) is 4.98 Å². The standard InChI is InChI=1S/C20H22ClN3O3S2.ClH/c1-4-29(26,27)16-8-5-14(6-9-16)19(25)24(12-11-23(2)3)20-22-17-10-7-15(21)13-18(17)28-20;/h5-10,13H,4,11-12H2,1-3H3;1H. The Labute approximate surface area is 191 Å². The van der Waals surface area contributed by atoms with E-state index in [9.17, 15) is 13.2 Å². The van der Waals surface area contributed by atoms with Crippen LogP contribution in [0, 0.1) is 0 Å². The van der Waals surface area contributed by atoms with Crippen LogP contribution in [-0.4, -0.2) is 57.1 Å². The lowest BCUT2D eigenvalue weighted by Crippen LogP contribution is -2.36. The van der Waals surface area contributed by atoms with Gasteiger partial charge in [-0.1, -0.05) is 29.9 Å². The topological polar surface area (TPSA) is 70.6 Å². The van der Waals surface area contributed by atoms with Crippen LogP contribution in [0.5, 0.6) is 0 Å². The smallest absolute Gasteiger partial charge is 0.260 e. The van der Waals surface area contributed by atoms with E-state index in [1.807, 2.05) is 31.1 Å². The number of sulfone groups is 1. The van der Waals surface area contributed by atoms with Crippen LogP contribution < -0.4 is 4.90 Å². The molecule has 30 heavy (non-hydrogen) atoms. The third-order valence-electron chi connectivity index (χ3n) is 4.43. The zero-order valence-corrected chi connectivity index (χ0v) is 20.0. The molecule has 6 nitrogen and oxygen atoms in total. The minimum atomic E-state index is -3.31. The highest BCUT2D eigenvalue weighted by Gasteiger charge is 2.22. The number of likely N-dealkylation sites (N-methyl/N-ethyl adjacent to an activating group) is 1. The Morgan fingerprint density at radius 3 is 2.37 bits per heavy atom. The third kappa shape index (κ3) is 5.50. The lowest BCUT2D eigenvalue weighted by molar-refractivity contribution is 0.0985. The number of carbonyl (C=O) groups is 1. The molecule has 3 aromatic rings. The molecule has 0 unspecified atom stereocenters. The Kier molecular flexibility index (Phi) is 8.24. The predicted octanol–water partition coefficient (Wildman–Crippen LogP) is 4.37. The fourth-order valence-corrected chi connectivity index (χ4v) is 4.86. The summed E-state index contributed by atoms with van der Waals surface area (Å²) in [6.07, 6.45) is 0. The van der Waals surface area contributed by atoms with E-state index in [0.29, 0.717) is 28.8 Å². The zero-order valence-electron chi connectivity index (χ0n) is 16.8. The second-order valence-electron chi connectivity index (χ2n) is 6.80. The first kappa shape index (κ1) is 24.6. The number of hydrogen-bond donors (Lipinski definition) is 0. The molecule has 0 spiro atoms. The number of benzene rings is 2. The molecular formula is C20H23Cl2N3O3S2. The van der Waals surface area contributed by atoms with Gasteiger partial charge in [-0.15, -0.1) is 12.4 Å². The molecule has 0 aliphatic carbocycles. The van der Waals surface area contributed by atoms with Gasteiger partial charge in [0.15, 0.2) is 15.0 Å². The van der Waals surface area contributed by atoms with Gasteiger partial charge in [0.25, 0.3) is 5.91 Å². The molecule has 0 fully saturated rings. The van der Waals surface area contributed by atoms with Crippen molar-refractivity contribution in [1.29, 1.82) is 0 Å². The number of halogens is 2. The normalized spacial score (nSPS) is 11.5. The molecule has 162 valence electrons. The largest absolute Gasteiger partial charge is 0.308 e. The minimum absolute atomic E-state index is 0. The monoisotopic (exact) mass is 487 g/mol. The highest BCUT2D eigenvalue weighted by Crippen LogP contribution is 2.31. The van der Waals surface area contributed by atoms with E-state index in [-0.39, 0.29) is 29.0 Å². The number of hydrogen-bond acceptors (Lipinski definition) is 6. The number of anilines is 1. The fraction of sp³-hybridized carbons (Fsp3) is 0.300. The second kappa shape index (κ2) is 10.1. The van der Waals surface area contributed by atoms with Crippen molar-refractivity contribution in [1.82, 2.24) is 9.88 Å². The summed E-state index contributed by atoms with van der Waals surface area (Å²) in [4.78, 5) is 21.7. The van der Waals surface area contributed by atoms with Crippen molar-refractivity contribution in [2.75, 3.05) is 37.8 Å². The Morgan fingerprint density at radius 1 is 1.10 bits per heavy atom. The molecule has 0 aliphatic rings. The third-order valence-corrected chi connectivity index (χ3v) is 7.45. The number of thiazole rings is 1. The lowest BCUT2D eigenvalue weighted by atomic mass is 10.2. The fourth-order valence-electron chi connectivity index (χ4n) is 2.71. The second-order valence-corrected chi connectivity index (χ2v) is 10.5. The maximum absolute atomic E-state index is 13.2. The van der Waals surface area contributed by atoms with Crippen LogP contribution in [0.15, 0.2) is 47.4 Å².